The van der Waals surface area contributed by atoms with Gasteiger partial charge in [0.05, 0.1) is 0 Å². The smallest absolute Gasteiger partial charge is 0.326 e. The lowest BCUT2D eigenvalue weighted by Gasteiger charge is -2.13. The van der Waals surface area contributed by atoms with Crippen LogP contribution in [0, 0.1) is 0 Å². The van der Waals surface area contributed by atoms with Gasteiger partial charge in [-0.1, -0.05) is 0 Å². The summed E-state index contributed by atoms with van der Waals surface area (Å²) in [5, 5.41) is 11.1. The van der Waals surface area contributed by atoms with Crippen LogP contribution in [0.2, 0.25) is 0 Å². The molecular formula is C8H15NO4S. The Hall–Kier alpha value is -0.750. The molecule has 0 aliphatic rings. The first-order valence-electron chi connectivity index (χ1n) is 4.11. The predicted molar refractivity (Wildman–Crippen MR) is 54.4 cm³/mol. The molecule has 1 amide bonds. The normalized spacial score (nSPS) is 12.1. The van der Waals surface area contributed by atoms with Crippen molar-refractivity contribution in [2.45, 2.75) is 12.5 Å². The molecule has 2 N–H and O–H groups in total. The molecule has 14 heavy (non-hydrogen) atoms. The highest BCUT2D eigenvalue weighted by molar-refractivity contribution is 7.98. The summed E-state index contributed by atoms with van der Waals surface area (Å²) in [6.45, 7) is -0.108. The van der Waals surface area contributed by atoms with Crippen LogP contribution in [-0.2, 0) is 14.3 Å². The number of hydrogen-bond donors (Lipinski definition) is 2. The number of carboxylic acid groups (broad SMARTS) is 1. The SMILES string of the molecule is COCC(=O)N[C@H](CCSC)C(=O)O. The van der Waals surface area contributed by atoms with E-state index in [0.717, 1.165) is 0 Å². The summed E-state index contributed by atoms with van der Waals surface area (Å²) in [6.07, 6.45) is 2.31. The van der Waals surface area contributed by atoms with E-state index in [1.165, 1.54) is 7.11 Å². The van der Waals surface area contributed by atoms with Crippen molar-refractivity contribution in [2.75, 3.05) is 25.7 Å². The Morgan fingerprint density at radius 3 is 2.64 bits per heavy atom. The Labute approximate surface area is 87.2 Å². The molecule has 0 rings (SSSR count). The van der Waals surface area contributed by atoms with Crippen LogP contribution in [0.3, 0.4) is 0 Å². The van der Waals surface area contributed by atoms with Crippen LogP contribution in [0.25, 0.3) is 0 Å². The Bertz CT molecular complexity index is 198. The molecule has 0 saturated heterocycles. The maximum atomic E-state index is 11.0. The first kappa shape index (κ1) is 13.2. The molecule has 6 heteroatoms. The zero-order chi connectivity index (χ0) is 11.0. The summed E-state index contributed by atoms with van der Waals surface area (Å²) in [5.74, 6) is -0.714. The number of amides is 1. The van der Waals surface area contributed by atoms with Gasteiger partial charge in [0.15, 0.2) is 0 Å². The van der Waals surface area contributed by atoms with Crippen molar-refractivity contribution >= 4 is 23.6 Å². The summed E-state index contributed by atoms with van der Waals surface area (Å²) >= 11 is 1.54. The molecule has 0 aromatic heterocycles. The fourth-order valence-corrected chi connectivity index (χ4v) is 1.33. The van der Waals surface area contributed by atoms with Gasteiger partial charge in [0.1, 0.15) is 12.6 Å². The first-order chi connectivity index (χ1) is 6.61. The molecule has 5 nitrogen and oxygen atoms in total. The van der Waals surface area contributed by atoms with Crippen LogP contribution in [-0.4, -0.2) is 48.8 Å². The lowest BCUT2D eigenvalue weighted by atomic mass is 10.2. The Balaban J connectivity index is 3.95. The Morgan fingerprint density at radius 1 is 1.57 bits per heavy atom. The average molecular weight is 221 g/mol. The number of carbonyl (C=O) groups excluding carboxylic acids is 1. The largest absolute Gasteiger partial charge is 0.480 e. The summed E-state index contributed by atoms with van der Waals surface area (Å²) < 4.78 is 4.58. The van der Waals surface area contributed by atoms with Gasteiger partial charge in [-0.15, -0.1) is 0 Å². The van der Waals surface area contributed by atoms with E-state index < -0.39 is 17.9 Å². The standard InChI is InChI=1S/C8H15NO4S/c1-13-5-7(10)9-6(8(11)12)3-4-14-2/h6H,3-5H2,1-2H3,(H,9,10)(H,11,12)/t6-/m1/s1. The van der Waals surface area contributed by atoms with Crippen molar-refractivity contribution < 1.29 is 19.4 Å². The maximum absolute atomic E-state index is 11.0. The lowest BCUT2D eigenvalue weighted by Crippen LogP contribution is -2.42. The molecule has 0 unspecified atom stereocenters. The average Bonchev–Trinajstić information content (AvgIpc) is 2.12. The minimum atomic E-state index is -1.01. The molecular weight excluding hydrogens is 206 g/mol. The van der Waals surface area contributed by atoms with E-state index in [9.17, 15) is 9.59 Å². The van der Waals surface area contributed by atoms with E-state index in [4.69, 9.17) is 5.11 Å². The molecule has 0 aromatic carbocycles. The number of nitrogens with one attached hydrogen (secondary N) is 1. The number of ether oxygens (including phenoxy) is 1. The highest BCUT2D eigenvalue weighted by atomic mass is 32.2. The Kier molecular flexibility index (Phi) is 7.23. The van der Waals surface area contributed by atoms with Crippen LogP contribution >= 0.6 is 11.8 Å². The van der Waals surface area contributed by atoms with Crippen molar-refractivity contribution in [3.05, 3.63) is 0 Å². The number of methoxy groups -OCH3 is 1. The molecule has 82 valence electrons. The zero-order valence-corrected chi connectivity index (χ0v) is 9.10. The van der Waals surface area contributed by atoms with Gasteiger partial charge in [0.25, 0.3) is 0 Å². The minimum Gasteiger partial charge on any atom is -0.480 e. The molecule has 0 heterocycles. The number of hydrogen-bond acceptors (Lipinski definition) is 4. The molecule has 0 bridgehead atoms. The Morgan fingerprint density at radius 2 is 2.21 bits per heavy atom. The quantitative estimate of drug-likeness (QED) is 0.630. The second-order valence-corrected chi connectivity index (χ2v) is 3.66. The van der Waals surface area contributed by atoms with Crippen molar-refractivity contribution in [1.82, 2.24) is 5.32 Å². The minimum absolute atomic E-state index is 0.108. The van der Waals surface area contributed by atoms with Gasteiger partial charge in [0.2, 0.25) is 5.91 Å². The van der Waals surface area contributed by atoms with Crippen LogP contribution < -0.4 is 5.32 Å². The van der Waals surface area contributed by atoms with Gasteiger partial charge in [-0.2, -0.15) is 11.8 Å². The van der Waals surface area contributed by atoms with Gasteiger partial charge in [0, 0.05) is 7.11 Å². The fourth-order valence-electron chi connectivity index (χ4n) is 0.860. The number of thioether (sulfide) groups is 1. The molecule has 0 aliphatic carbocycles. The summed E-state index contributed by atoms with van der Waals surface area (Å²) in [7, 11) is 1.39. The van der Waals surface area contributed by atoms with Gasteiger partial charge in [-0.05, 0) is 18.4 Å². The van der Waals surface area contributed by atoms with E-state index in [2.05, 4.69) is 10.1 Å². The highest BCUT2D eigenvalue weighted by Crippen LogP contribution is 2.00. The zero-order valence-electron chi connectivity index (χ0n) is 8.28. The molecule has 0 aromatic rings. The monoisotopic (exact) mass is 221 g/mol. The molecule has 1 atom stereocenters. The van der Waals surface area contributed by atoms with Crippen LogP contribution in [0.4, 0.5) is 0 Å². The highest BCUT2D eigenvalue weighted by Gasteiger charge is 2.18. The van der Waals surface area contributed by atoms with E-state index >= 15 is 0 Å². The first-order valence-corrected chi connectivity index (χ1v) is 5.51. The van der Waals surface area contributed by atoms with E-state index in [0.29, 0.717) is 12.2 Å². The number of carboxylic acids is 1. The van der Waals surface area contributed by atoms with E-state index in [1.54, 1.807) is 11.8 Å². The molecule has 0 saturated carbocycles. The van der Waals surface area contributed by atoms with E-state index in [1.807, 2.05) is 6.26 Å². The van der Waals surface area contributed by atoms with Crippen molar-refractivity contribution in [3.8, 4) is 0 Å². The van der Waals surface area contributed by atoms with Crippen LogP contribution in [0.5, 0.6) is 0 Å². The summed E-state index contributed by atoms with van der Waals surface area (Å²) in [5.41, 5.74) is 0. The third kappa shape index (κ3) is 5.82. The predicted octanol–water partition coefficient (Wildman–Crippen LogP) is -0.0447. The number of rotatable bonds is 7. The van der Waals surface area contributed by atoms with Crippen molar-refractivity contribution in [3.63, 3.8) is 0 Å². The van der Waals surface area contributed by atoms with Gasteiger partial charge < -0.3 is 15.2 Å². The van der Waals surface area contributed by atoms with Crippen LogP contribution in [0.15, 0.2) is 0 Å². The molecule has 0 spiro atoms. The second kappa shape index (κ2) is 7.64. The maximum Gasteiger partial charge on any atom is 0.326 e. The van der Waals surface area contributed by atoms with Crippen molar-refractivity contribution in [1.29, 1.82) is 0 Å². The summed E-state index contributed by atoms with van der Waals surface area (Å²) in [4.78, 5) is 21.7. The third-order valence-corrected chi connectivity index (χ3v) is 2.16. The number of carbonyl (C=O) groups is 2. The topological polar surface area (TPSA) is 75.6 Å². The van der Waals surface area contributed by atoms with Crippen LogP contribution in [0.1, 0.15) is 6.42 Å². The van der Waals surface area contributed by atoms with E-state index in [-0.39, 0.29) is 6.61 Å². The van der Waals surface area contributed by atoms with Gasteiger partial charge >= 0.3 is 5.97 Å². The second-order valence-electron chi connectivity index (χ2n) is 2.67. The molecule has 0 aliphatic heterocycles. The molecule has 0 fully saturated rings. The summed E-state index contributed by atoms with van der Waals surface area (Å²) in [6, 6.07) is -0.815. The number of aliphatic carboxylic acids is 1. The fraction of sp³-hybridized carbons (Fsp3) is 0.750. The third-order valence-electron chi connectivity index (χ3n) is 1.52. The van der Waals surface area contributed by atoms with Crippen molar-refractivity contribution in [2.24, 2.45) is 0 Å². The van der Waals surface area contributed by atoms with Gasteiger partial charge in [-0.25, -0.2) is 4.79 Å². The molecule has 0 radical (unpaired) electrons. The lowest BCUT2D eigenvalue weighted by molar-refractivity contribution is -0.142. The van der Waals surface area contributed by atoms with Gasteiger partial charge in [-0.3, -0.25) is 4.79 Å².